The van der Waals surface area contributed by atoms with Crippen LogP contribution in [0.2, 0.25) is 0 Å². The number of carbonyl (C=O) groups excluding carboxylic acids is 4. The minimum Gasteiger partial charge on any atom is -0.462 e. The Morgan fingerprint density at radius 2 is 0.634 bits per heavy atom. The van der Waals surface area contributed by atoms with Crippen molar-refractivity contribution < 1.29 is 80.2 Å². The normalized spacial score (nSPS) is 14.5. The van der Waals surface area contributed by atoms with Crippen LogP contribution in [-0.4, -0.2) is 96.7 Å². The fourth-order valence-electron chi connectivity index (χ4n) is 10.7. The van der Waals surface area contributed by atoms with Gasteiger partial charge in [-0.15, -0.1) is 0 Å². The first-order chi connectivity index (χ1) is 44.9. The highest BCUT2D eigenvalue weighted by Crippen LogP contribution is 2.45. The first kappa shape index (κ1) is 90.5. The summed E-state index contributed by atoms with van der Waals surface area (Å²) in [5.41, 5.74) is 0. The van der Waals surface area contributed by atoms with Crippen LogP contribution in [0, 0.1) is 11.8 Å². The van der Waals surface area contributed by atoms with Crippen molar-refractivity contribution in [2.75, 3.05) is 39.6 Å². The van der Waals surface area contributed by atoms with Crippen LogP contribution in [0.1, 0.15) is 356 Å². The molecule has 0 spiro atoms. The molecule has 0 aromatic rings. The summed E-state index contributed by atoms with van der Waals surface area (Å²) in [6, 6.07) is 0. The van der Waals surface area contributed by atoms with Crippen LogP contribution in [-0.2, 0) is 65.4 Å². The second kappa shape index (κ2) is 65.5. The number of unbranched alkanes of at least 4 members (excludes halogenated alkanes) is 37. The molecule has 0 fully saturated rings. The zero-order chi connectivity index (χ0) is 68.6. The van der Waals surface area contributed by atoms with Crippen LogP contribution in [0.4, 0.5) is 0 Å². The number of hydrogen-bond acceptors (Lipinski definition) is 15. The third-order valence-electron chi connectivity index (χ3n) is 16.9. The average molecular weight is 1360 g/mol. The van der Waals surface area contributed by atoms with Crippen LogP contribution in [0.5, 0.6) is 0 Å². The fourth-order valence-corrected chi connectivity index (χ4v) is 12.3. The lowest BCUT2D eigenvalue weighted by atomic mass is 9.99. The lowest BCUT2D eigenvalue weighted by molar-refractivity contribution is -0.161. The number of ether oxygens (including phenoxy) is 4. The molecule has 0 saturated heterocycles. The lowest BCUT2D eigenvalue weighted by Crippen LogP contribution is -2.30. The first-order valence-electron chi connectivity index (χ1n) is 37.8. The van der Waals surface area contributed by atoms with E-state index in [-0.39, 0.29) is 25.7 Å². The third-order valence-corrected chi connectivity index (χ3v) is 18.8. The Kier molecular flexibility index (Phi) is 63.7. The molecule has 19 heteroatoms. The molecular formula is C74H140O17P2. The van der Waals surface area contributed by atoms with Crippen LogP contribution >= 0.6 is 15.6 Å². The van der Waals surface area contributed by atoms with E-state index in [1.807, 2.05) is 0 Å². The van der Waals surface area contributed by atoms with Crippen LogP contribution in [0.3, 0.4) is 0 Å². The van der Waals surface area contributed by atoms with E-state index in [0.717, 1.165) is 115 Å². The molecule has 548 valence electrons. The monoisotopic (exact) mass is 1360 g/mol. The van der Waals surface area contributed by atoms with Crippen molar-refractivity contribution in [3.63, 3.8) is 0 Å². The summed E-state index contributed by atoms with van der Waals surface area (Å²) in [7, 11) is -9.92. The van der Waals surface area contributed by atoms with Crippen molar-refractivity contribution in [2.45, 2.75) is 374 Å². The van der Waals surface area contributed by atoms with Gasteiger partial charge in [-0.25, -0.2) is 9.13 Å². The van der Waals surface area contributed by atoms with Gasteiger partial charge in [0, 0.05) is 25.7 Å². The topological polar surface area (TPSA) is 237 Å². The van der Waals surface area contributed by atoms with Gasteiger partial charge in [-0.05, 0) is 63.2 Å². The second-order valence-corrected chi connectivity index (χ2v) is 29.6. The highest BCUT2D eigenvalue weighted by molar-refractivity contribution is 7.47. The van der Waals surface area contributed by atoms with Crippen LogP contribution < -0.4 is 0 Å². The van der Waals surface area contributed by atoms with E-state index in [0.29, 0.717) is 25.7 Å². The maximum absolute atomic E-state index is 13.1. The number of rotatable bonds is 71. The average Bonchev–Trinajstić information content (AvgIpc) is 2.26. The summed E-state index contributed by atoms with van der Waals surface area (Å²) < 4.78 is 68.4. The molecule has 0 rings (SSSR count). The number of phosphoric ester groups is 2. The molecule has 3 N–H and O–H groups in total. The zero-order valence-electron chi connectivity index (χ0n) is 60.0. The van der Waals surface area contributed by atoms with Crippen LogP contribution in [0.25, 0.3) is 0 Å². The van der Waals surface area contributed by atoms with Gasteiger partial charge in [-0.2, -0.15) is 0 Å². The van der Waals surface area contributed by atoms with Crippen molar-refractivity contribution in [3.05, 3.63) is 24.3 Å². The predicted molar refractivity (Wildman–Crippen MR) is 377 cm³/mol. The standard InChI is InChI=1S/C74H140O17P2/c1-7-10-12-14-16-18-20-22-23-25-27-33-41-47-53-59-74(79)90-69(62-84-71(76)56-50-44-38-31-29-28-30-37-43-49-55-67(6)9-3)64-88-92(80,81)86-60-68(75)61-87-93(82,83)89-65-70(63-85-72(77)57-51-45-39-35-34-36-42-48-54-66(4)5)91-73(78)58-52-46-40-32-26-24-21-19-17-15-13-11-8-2/h18,20,22-23,66-70,75H,7-17,19,21,24-65H2,1-6H3,(H,80,81)(H,82,83)/b20-18-,23-22-/t67?,68-,69-,70-/m1/s1. The lowest BCUT2D eigenvalue weighted by Gasteiger charge is -2.21. The number of carbonyl (C=O) groups is 4. The maximum atomic E-state index is 13.1. The molecule has 0 aliphatic rings. The number of esters is 4. The summed E-state index contributed by atoms with van der Waals surface area (Å²) >= 11 is 0. The Labute approximate surface area is 567 Å². The van der Waals surface area contributed by atoms with E-state index in [1.54, 1.807) is 0 Å². The molecule has 3 unspecified atom stereocenters. The zero-order valence-corrected chi connectivity index (χ0v) is 61.8. The van der Waals surface area contributed by atoms with E-state index in [1.165, 1.54) is 161 Å². The predicted octanol–water partition coefficient (Wildman–Crippen LogP) is 21.1. The molecule has 93 heavy (non-hydrogen) atoms. The minimum absolute atomic E-state index is 0.0848. The second-order valence-electron chi connectivity index (χ2n) is 26.7. The number of phosphoric acid groups is 2. The number of hydrogen-bond donors (Lipinski definition) is 3. The Hall–Kier alpha value is -2.46. The van der Waals surface area contributed by atoms with Crippen molar-refractivity contribution in [3.8, 4) is 0 Å². The van der Waals surface area contributed by atoms with Gasteiger partial charge < -0.3 is 33.8 Å². The SMILES string of the molecule is CCCCCC/C=C\C=C/CCCCCCCC(=O)O[C@H](COC(=O)CCCCCCCCCCCCC(C)CC)COP(=O)(O)OC[C@@H](O)COP(=O)(O)OC[C@@H](COC(=O)CCCCCCCCCCC(C)C)OC(=O)CCCCCCCCCCCCCCC. The third kappa shape index (κ3) is 66.6. The molecule has 17 nitrogen and oxygen atoms in total. The Bertz CT molecular complexity index is 1900. The van der Waals surface area contributed by atoms with Crippen molar-refractivity contribution in [1.29, 1.82) is 0 Å². The highest BCUT2D eigenvalue weighted by atomic mass is 31.2. The van der Waals surface area contributed by atoms with E-state index < -0.39 is 97.5 Å². The van der Waals surface area contributed by atoms with Crippen molar-refractivity contribution >= 4 is 39.5 Å². The van der Waals surface area contributed by atoms with Gasteiger partial charge in [0.05, 0.1) is 26.4 Å². The van der Waals surface area contributed by atoms with Gasteiger partial charge >= 0.3 is 39.5 Å². The number of aliphatic hydroxyl groups excluding tert-OH is 1. The molecule has 0 radical (unpaired) electrons. The smallest absolute Gasteiger partial charge is 0.462 e. The molecule has 6 atom stereocenters. The molecular weight excluding hydrogens is 1220 g/mol. The summed E-state index contributed by atoms with van der Waals surface area (Å²) in [4.78, 5) is 72.7. The molecule has 0 aromatic carbocycles. The number of aliphatic hydroxyl groups is 1. The first-order valence-corrected chi connectivity index (χ1v) is 40.8. The van der Waals surface area contributed by atoms with Gasteiger partial charge in [-0.1, -0.05) is 303 Å². The summed E-state index contributed by atoms with van der Waals surface area (Å²) in [5, 5.41) is 10.6. The largest absolute Gasteiger partial charge is 0.472 e. The van der Waals surface area contributed by atoms with E-state index in [9.17, 15) is 43.2 Å². The molecule has 0 saturated carbocycles. The molecule has 0 aliphatic carbocycles. The number of allylic oxidation sites excluding steroid dienone is 4. The van der Waals surface area contributed by atoms with Gasteiger partial charge in [0.2, 0.25) is 0 Å². The van der Waals surface area contributed by atoms with Crippen molar-refractivity contribution in [1.82, 2.24) is 0 Å². The van der Waals surface area contributed by atoms with Crippen LogP contribution in [0.15, 0.2) is 24.3 Å². The summed E-state index contributed by atoms with van der Waals surface area (Å²) in [6.45, 7) is 9.50. The molecule has 0 amide bonds. The summed E-state index contributed by atoms with van der Waals surface area (Å²) in [5.74, 6) is -0.617. The Morgan fingerprint density at radius 3 is 0.968 bits per heavy atom. The Morgan fingerprint density at radius 1 is 0.355 bits per heavy atom. The minimum atomic E-state index is -4.96. The van der Waals surface area contributed by atoms with Crippen molar-refractivity contribution in [2.24, 2.45) is 11.8 Å². The highest BCUT2D eigenvalue weighted by Gasteiger charge is 2.30. The Balaban J connectivity index is 5.30. The van der Waals surface area contributed by atoms with E-state index in [2.05, 4.69) is 65.8 Å². The molecule has 0 heterocycles. The summed E-state index contributed by atoms with van der Waals surface area (Å²) in [6.07, 6.45) is 54.8. The maximum Gasteiger partial charge on any atom is 0.472 e. The quantitative estimate of drug-likeness (QED) is 0.0169. The van der Waals surface area contributed by atoms with Gasteiger partial charge in [0.25, 0.3) is 0 Å². The van der Waals surface area contributed by atoms with E-state index >= 15 is 0 Å². The molecule has 0 bridgehead atoms. The van der Waals surface area contributed by atoms with Gasteiger partial charge in [0.1, 0.15) is 19.3 Å². The van der Waals surface area contributed by atoms with Gasteiger partial charge in [-0.3, -0.25) is 37.3 Å². The van der Waals surface area contributed by atoms with Gasteiger partial charge in [0.15, 0.2) is 12.2 Å². The molecule has 0 aromatic heterocycles. The van der Waals surface area contributed by atoms with E-state index in [4.69, 9.17) is 37.0 Å². The fraction of sp³-hybridized carbons (Fsp3) is 0.892. The molecule has 0 aliphatic heterocycles.